The van der Waals surface area contributed by atoms with Crippen LogP contribution in [0.4, 0.5) is 0 Å². The molecule has 1 rings (SSSR count). The maximum absolute atomic E-state index is 9.43. The first-order chi connectivity index (χ1) is 4.10. The molecule has 0 atom stereocenters. The summed E-state index contributed by atoms with van der Waals surface area (Å²) in [6, 6.07) is 0. The van der Waals surface area contributed by atoms with Crippen molar-refractivity contribution in [1.82, 2.24) is 0 Å². The van der Waals surface area contributed by atoms with Crippen LogP contribution in [0, 0.1) is 0 Å². The molecule has 0 spiro atoms. The van der Waals surface area contributed by atoms with Gasteiger partial charge in [-0.15, -0.1) is 11.6 Å². The summed E-state index contributed by atoms with van der Waals surface area (Å²) in [7, 11) is 0. The molecule has 0 heterocycles. The first-order valence-electron chi connectivity index (χ1n) is 3.47. The molecule has 2 heteroatoms. The Labute approximate surface area is 61.0 Å². The summed E-state index contributed by atoms with van der Waals surface area (Å²) in [6.45, 7) is 1.88. The zero-order valence-electron chi connectivity index (χ0n) is 5.73. The SMILES string of the molecule is CC1(O)CCC(Cl)CC1. The fourth-order valence-electron chi connectivity index (χ4n) is 1.20. The fourth-order valence-corrected chi connectivity index (χ4v) is 1.42. The third-order valence-electron chi connectivity index (χ3n) is 1.99. The van der Waals surface area contributed by atoms with Crippen molar-refractivity contribution in [2.75, 3.05) is 0 Å². The zero-order chi connectivity index (χ0) is 6.91. The third kappa shape index (κ3) is 2.15. The van der Waals surface area contributed by atoms with Crippen LogP contribution in [-0.2, 0) is 0 Å². The number of halogens is 1. The van der Waals surface area contributed by atoms with Gasteiger partial charge in [0.1, 0.15) is 0 Å². The average Bonchev–Trinajstić information content (AvgIpc) is 1.78. The summed E-state index contributed by atoms with van der Waals surface area (Å²) >= 11 is 5.83. The van der Waals surface area contributed by atoms with Crippen molar-refractivity contribution in [2.45, 2.75) is 43.6 Å². The first-order valence-corrected chi connectivity index (χ1v) is 3.90. The summed E-state index contributed by atoms with van der Waals surface area (Å²) in [5.74, 6) is 0. The normalized spacial score (nSPS) is 45.0. The van der Waals surface area contributed by atoms with E-state index in [9.17, 15) is 5.11 Å². The predicted molar refractivity (Wildman–Crippen MR) is 38.7 cm³/mol. The van der Waals surface area contributed by atoms with E-state index in [1.807, 2.05) is 6.92 Å². The molecule has 1 aliphatic carbocycles. The van der Waals surface area contributed by atoms with Gasteiger partial charge in [0.2, 0.25) is 0 Å². The van der Waals surface area contributed by atoms with E-state index < -0.39 is 5.60 Å². The van der Waals surface area contributed by atoms with Crippen LogP contribution in [0.25, 0.3) is 0 Å². The van der Waals surface area contributed by atoms with E-state index in [0.717, 1.165) is 25.7 Å². The van der Waals surface area contributed by atoms with Gasteiger partial charge in [-0.1, -0.05) is 0 Å². The van der Waals surface area contributed by atoms with Gasteiger partial charge >= 0.3 is 0 Å². The molecule has 0 unspecified atom stereocenters. The molecule has 0 bridgehead atoms. The maximum atomic E-state index is 9.43. The van der Waals surface area contributed by atoms with Crippen molar-refractivity contribution in [3.05, 3.63) is 0 Å². The highest BCUT2D eigenvalue weighted by atomic mass is 35.5. The van der Waals surface area contributed by atoms with E-state index in [1.54, 1.807) is 0 Å². The van der Waals surface area contributed by atoms with Gasteiger partial charge in [0, 0.05) is 5.38 Å². The molecule has 1 N–H and O–H groups in total. The minimum absolute atomic E-state index is 0.310. The zero-order valence-corrected chi connectivity index (χ0v) is 6.49. The minimum atomic E-state index is -0.425. The van der Waals surface area contributed by atoms with Crippen molar-refractivity contribution >= 4 is 11.6 Å². The van der Waals surface area contributed by atoms with Crippen LogP contribution >= 0.6 is 11.6 Å². The Bertz CT molecular complexity index is 91.1. The summed E-state index contributed by atoms with van der Waals surface area (Å²) in [4.78, 5) is 0. The van der Waals surface area contributed by atoms with Crippen LogP contribution in [-0.4, -0.2) is 16.1 Å². The number of hydrogen-bond donors (Lipinski definition) is 1. The first kappa shape index (κ1) is 7.36. The Hall–Kier alpha value is 0.250. The molecule has 1 aliphatic rings. The second kappa shape index (κ2) is 2.47. The van der Waals surface area contributed by atoms with E-state index in [-0.39, 0.29) is 0 Å². The molecule has 0 amide bonds. The molecule has 1 saturated carbocycles. The Balaban J connectivity index is 2.35. The summed E-state index contributed by atoms with van der Waals surface area (Å²) in [5.41, 5.74) is -0.425. The van der Waals surface area contributed by atoms with Crippen molar-refractivity contribution in [2.24, 2.45) is 0 Å². The standard InChI is InChI=1S/C7H13ClO/c1-7(9)4-2-6(8)3-5-7/h6,9H,2-5H2,1H3. The number of hydrogen-bond acceptors (Lipinski definition) is 1. The van der Waals surface area contributed by atoms with Crippen molar-refractivity contribution in [3.63, 3.8) is 0 Å². The van der Waals surface area contributed by atoms with Gasteiger partial charge in [0.15, 0.2) is 0 Å². The quantitative estimate of drug-likeness (QED) is 0.521. The molecule has 1 nitrogen and oxygen atoms in total. The Morgan fingerprint density at radius 2 is 1.89 bits per heavy atom. The van der Waals surface area contributed by atoms with E-state index in [2.05, 4.69) is 0 Å². The molecule has 9 heavy (non-hydrogen) atoms. The summed E-state index contributed by atoms with van der Waals surface area (Å²) < 4.78 is 0. The third-order valence-corrected chi connectivity index (χ3v) is 2.43. The monoisotopic (exact) mass is 148 g/mol. The molecule has 0 aromatic heterocycles. The van der Waals surface area contributed by atoms with Crippen LogP contribution < -0.4 is 0 Å². The maximum Gasteiger partial charge on any atom is 0.0620 e. The predicted octanol–water partition coefficient (Wildman–Crippen LogP) is 1.92. The molecular weight excluding hydrogens is 136 g/mol. The lowest BCUT2D eigenvalue weighted by molar-refractivity contribution is 0.0235. The van der Waals surface area contributed by atoms with Gasteiger partial charge in [-0.2, -0.15) is 0 Å². The number of rotatable bonds is 0. The lowest BCUT2D eigenvalue weighted by atomic mass is 9.86. The summed E-state index contributed by atoms with van der Waals surface area (Å²) in [5, 5.41) is 9.74. The van der Waals surface area contributed by atoms with Crippen LogP contribution in [0.5, 0.6) is 0 Å². The van der Waals surface area contributed by atoms with Gasteiger partial charge in [-0.05, 0) is 32.6 Å². The smallest absolute Gasteiger partial charge is 0.0620 e. The molecule has 0 saturated heterocycles. The topological polar surface area (TPSA) is 20.2 Å². The van der Waals surface area contributed by atoms with Crippen molar-refractivity contribution in [3.8, 4) is 0 Å². The van der Waals surface area contributed by atoms with Crippen LogP contribution in [0.2, 0.25) is 0 Å². The molecular formula is C7H13ClO. The summed E-state index contributed by atoms with van der Waals surface area (Å²) in [6.07, 6.45) is 3.66. The van der Waals surface area contributed by atoms with Gasteiger partial charge in [-0.25, -0.2) is 0 Å². The van der Waals surface area contributed by atoms with Crippen molar-refractivity contribution < 1.29 is 5.11 Å². The second-order valence-electron chi connectivity index (χ2n) is 3.17. The molecule has 54 valence electrons. The van der Waals surface area contributed by atoms with E-state index >= 15 is 0 Å². The molecule has 0 aromatic carbocycles. The van der Waals surface area contributed by atoms with E-state index in [4.69, 9.17) is 11.6 Å². The number of aliphatic hydroxyl groups is 1. The lowest BCUT2D eigenvalue weighted by Crippen LogP contribution is -2.30. The highest BCUT2D eigenvalue weighted by Crippen LogP contribution is 2.30. The van der Waals surface area contributed by atoms with Gasteiger partial charge in [-0.3, -0.25) is 0 Å². The van der Waals surface area contributed by atoms with E-state index in [0.29, 0.717) is 5.38 Å². The average molecular weight is 149 g/mol. The Morgan fingerprint density at radius 3 is 2.22 bits per heavy atom. The Morgan fingerprint density at radius 1 is 1.44 bits per heavy atom. The van der Waals surface area contributed by atoms with Crippen LogP contribution in [0.3, 0.4) is 0 Å². The largest absolute Gasteiger partial charge is 0.390 e. The fraction of sp³-hybridized carbons (Fsp3) is 1.00. The number of alkyl halides is 1. The second-order valence-corrected chi connectivity index (χ2v) is 3.79. The molecule has 0 radical (unpaired) electrons. The van der Waals surface area contributed by atoms with Gasteiger partial charge < -0.3 is 5.11 Å². The van der Waals surface area contributed by atoms with Crippen LogP contribution in [0.1, 0.15) is 32.6 Å². The lowest BCUT2D eigenvalue weighted by Gasteiger charge is -2.30. The van der Waals surface area contributed by atoms with Gasteiger partial charge in [0.05, 0.1) is 5.60 Å². The highest BCUT2D eigenvalue weighted by Gasteiger charge is 2.27. The Kier molecular flexibility index (Phi) is 2.02. The van der Waals surface area contributed by atoms with Crippen molar-refractivity contribution in [1.29, 1.82) is 0 Å². The highest BCUT2D eigenvalue weighted by molar-refractivity contribution is 6.20. The minimum Gasteiger partial charge on any atom is -0.390 e. The molecule has 1 fully saturated rings. The molecule has 0 aliphatic heterocycles. The van der Waals surface area contributed by atoms with Gasteiger partial charge in [0.25, 0.3) is 0 Å². The van der Waals surface area contributed by atoms with E-state index in [1.165, 1.54) is 0 Å². The van der Waals surface area contributed by atoms with Crippen LogP contribution in [0.15, 0.2) is 0 Å². The molecule has 0 aromatic rings.